The summed E-state index contributed by atoms with van der Waals surface area (Å²) in [6, 6.07) is 0. The fraction of sp³-hybridized carbons (Fsp3) is 0.929. The summed E-state index contributed by atoms with van der Waals surface area (Å²) < 4.78 is 0.0966. The Morgan fingerprint density at radius 2 is 1.40 bits per heavy atom. The van der Waals surface area contributed by atoms with Crippen LogP contribution in [-0.4, -0.2) is 35.3 Å². The van der Waals surface area contributed by atoms with E-state index >= 15 is 0 Å². The SMILES string of the molecule is C.CCCC(C)(C)S(C)=S.CN.CS(=S)C(C)(C)C=O. The lowest BCUT2D eigenvalue weighted by molar-refractivity contribution is -0.109. The van der Waals surface area contributed by atoms with Crippen LogP contribution in [0.3, 0.4) is 0 Å². The average Bonchev–Trinajstić information content (AvgIpc) is 2.32. The molecule has 0 fully saturated rings. The van der Waals surface area contributed by atoms with Crippen molar-refractivity contribution in [2.24, 2.45) is 5.73 Å². The largest absolute Gasteiger partial charge is 0.333 e. The van der Waals surface area contributed by atoms with Crippen molar-refractivity contribution in [1.82, 2.24) is 0 Å². The Morgan fingerprint density at radius 3 is 1.45 bits per heavy atom. The Hall–Kier alpha value is 0.770. The van der Waals surface area contributed by atoms with E-state index in [2.05, 4.69) is 32.8 Å². The number of hydrogen-bond donors (Lipinski definition) is 1. The van der Waals surface area contributed by atoms with Crippen molar-refractivity contribution in [3.8, 4) is 0 Å². The molecule has 0 saturated heterocycles. The molecule has 0 heterocycles. The third-order valence-electron chi connectivity index (χ3n) is 2.65. The zero-order valence-corrected chi connectivity index (χ0v) is 16.9. The summed E-state index contributed by atoms with van der Waals surface area (Å²) in [5, 5.41) is 0. The van der Waals surface area contributed by atoms with E-state index in [4.69, 9.17) is 22.4 Å². The Labute approximate surface area is 141 Å². The van der Waals surface area contributed by atoms with E-state index in [9.17, 15) is 4.79 Å². The molecule has 6 heteroatoms. The fourth-order valence-corrected chi connectivity index (χ4v) is 1.81. The quantitative estimate of drug-likeness (QED) is 0.764. The fourth-order valence-electron chi connectivity index (χ4n) is 0.814. The van der Waals surface area contributed by atoms with E-state index < -0.39 is 0 Å². The summed E-state index contributed by atoms with van der Waals surface area (Å²) in [5.41, 5.74) is 4.50. The van der Waals surface area contributed by atoms with E-state index in [1.165, 1.54) is 19.9 Å². The van der Waals surface area contributed by atoms with Gasteiger partial charge in [-0.25, -0.2) is 0 Å². The molecule has 2 N–H and O–H groups in total. The highest BCUT2D eigenvalue weighted by molar-refractivity contribution is 8.29. The van der Waals surface area contributed by atoms with Gasteiger partial charge in [-0.2, -0.15) is 0 Å². The van der Waals surface area contributed by atoms with Crippen molar-refractivity contribution in [1.29, 1.82) is 0 Å². The van der Waals surface area contributed by atoms with Crippen LogP contribution in [0.5, 0.6) is 0 Å². The molecule has 2 nitrogen and oxygen atoms in total. The van der Waals surface area contributed by atoms with Gasteiger partial charge in [-0.15, -0.1) is 18.9 Å². The lowest BCUT2D eigenvalue weighted by atomic mass is 10.1. The summed E-state index contributed by atoms with van der Waals surface area (Å²) in [6.45, 7) is 10.4. The summed E-state index contributed by atoms with van der Waals surface area (Å²) in [5.74, 6) is 0. The molecule has 0 radical (unpaired) electrons. The van der Waals surface area contributed by atoms with Gasteiger partial charge in [-0.1, -0.05) is 57.0 Å². The second-order valence-corrected chi connectivity index (χ2v) is 12.1. The van der Waals surface area contributed by atoms with E-state index in [1.807, 2.05) is 20.1 Å². The smallest absolute Gasteiger partial charge is 0.135 e. The molecule has 0 aliphatic rings. The number of carbonyl (C=O) groups excluding carboxylic acids is 1. The van der Waals surface area contributed by atoms with Gasteiger partial charge in [0.2, 0.25) is 0 Å². The molecule has 0 amide bonds. The van der Waals surface area contributed by atoms with Gasteiger partial charge in [0.05, 0.1) is 4.75 Å². The third-order valence-corrected chi connectivity index (χ3v) is 8.64. The summed E-state index contributed by atoms with van der Waals surface area (Å²) in [7, 11) is 1.45. The van der Waals surface area contributed by atoms with Crippen molar-refractivity contribution < 1.29 is 4.79 Å². The van der Waals surface area contributed by atoms with Crippen molar-refractivity contribution in [2.75, 3.05) is 19.6 Å². The zero-order valence-electron chi connectivity index (χ0n) is 13.6. The molecular formula is C14H35NOS4. The normalized spacial score (nSPS) is 13.4. The number of hydrogen-bond acceptors (Lipinski definition) is 4. The minimum absolute atomic E-state index is 0. The van der Waals surface area contributed by atoms with E-state index in [0.717, 1.165) is 6.29 Å². The van der Waals surface area contributed by atoms with Crippen LogP contribution in [0, 0.1) is 0 Å². The van der Waals surface area contributed by atoms with Crippen LogP contribution in [0.1, 0.15) is 54.9 Å². The molecule has 126 valence electrons. The maximum atomic E-state index is 10.2. The summed E-state index contributed by atoms with van der Waals surface area (Å²) in [6.07, 6.45) is 7.47. The van der Waals surface area contributed by atoms with Crippen molar-refractivity contribution in [3.05, 3.63) is 0 Å². The maximum absolute atomic E-state index is 10.2. The number of rotatable bonds is 5. The molecule has 0 rings (SSSR count). The molecule has 0 bridgehead atoms. The number of nitrogens with two attached hydrogens (primary N) is 1. The third kappa shape index (κ3) is 15.2. The predicted molar refractivity (Wildman–Crippen MR) is 107 cm³/mol. The lowest BCUT2D eigenvalue weighted by Gasteiger charge is -2.23. The molecule has 0 spiro atoms. The molecule has 0 aromatic heterocycles. The minimum Gasteiger partial charge on any atom is -0.333 e. The van der Waals surface area contributed by atoms with E-state index in [1.54, 1.807) is 0 Å². The molecule has 20 heavy (non-hydrogen) atoms. The highest BCUT2D eigenvalue weighted by atomic mass is 32.8. The van der Waals surface area contributed by atoms with Crippen LogP contribution in [0.2, 0.25) is 0 Å². The van der Waals surface area contributed by atoms with Gasteiger partial charge < -0.3 is 10.5 Å². The van der Waals surface area contributed by atoms with Gasteiger partial charge in [0, 0.05) is 4.75 Å². The van der Waals surface area contributed by atoms with Gasteiger partial charge >= 0.3 is 0 Å². The van der Waals surface area contributed by atoms with Crippen molar-refractivity contribution in [3.63, 3.8) is 0 Å². The lowest BCUT2D eigenvalue weighted by Crippen LogP contribution is -2.26. The van der Waals surface area contributed by atoms with Gasteiger partial charge in [-0.3, -0.25) is 0 Å². The number of aldehydes is 1. The zero-order chi connectivity index (χ0) is 16.3. The Morgan fingerprint density at radius 1 is 1.05 bits per heavy atom. The van der Waals surface area contributed by atoms with Crippen LogP contribution in [0.25, 0.3) is 0 Å². The van der Waals surface area contributed by atoms with Crippen molar-refractivity contribution in [2.45, 2.75) is 64.4 Å². The van der Waals surface area contributed by atoms with Gasteiger partial charge in [0.15, 0.2) is 0 Å². The molecule has 2 unspecified atom stereocenters. The van der Waals surface area contributed by atoms with E-state index in [0.29, 0.717) is 4.75 Å². The molecule has 0 saturated carbocycles. The monoisotopic (exact) mass is 361 g/mol. The van der Waals surface area contributed by atoms with Gasteiger partial charge in [-0.05, 0) is 39.8 Å². The number of carbonyl (C=O) groups is 1. The molecular weight excluding hydrogens is 326 g/mol. The van der Waals surface area contributed by atoms with Crippen LogP contribution in [0.4, 0.5) is 0 Å². The first-order valence-corrected chi connectivity index (χ1v) is 11.3. The van der Waals surface area contributed by atoms with Crippen LogP contribution < -0.4 is 5.73 Å². The first-order valence-electron chi connectivity index (χ1n) is 6.22. The first kappa shape index (κ1) is 28.9. The van der Waals surface area contributed by atoms with Crippen LogP contribution in [0.15, 0.2) is 0 Å². The molecule has 0 aliphatic carbocycles. The maximum Gasteiger partial charge on any atom is 0.135 e. The predicted octanol–water partition coefficient (Wildman–Crippen LogP) is 3.16. The first-order chi connectivity index (χ1) is 8.51. The molecule has 0 aromatic carbocycles. The molecule has 2 atom stereocenters. The highest BCUT2D eigenvalue weighted by Crippen LogP contribution is 2.17. The summed E-state index contributed by atoms with van der Waals surface area (Å²) in [4.78, 5) is 10.2. The molecule has 0 aromatic rings. The minimum atomic E-state index is -0.296. The highest BCUT2D eigenvalue weighted by Gasteiger charge is 2.17. The molecule has 0 aliphatic heterocycles. The topological polar surface area (TPSA) is 43.1 Å². The Bertz CT molecular complexity index is 289. The second-order valence-electron chi connectivity index (χ2n) is 5.14. The van der Waals surface area contributed by atoms with E-state index in [-0.39, 0.29) is 31.1 Å². The second kappa shape index (κ2) is 14.7. The van der Waals surface area contributed by atoms with Crippen LogP contribution >= 0.6 is 0 Å². The van der Waals surface area contributed by atoms with Crippen molar-refractivity contribution >= 4 is 47.6 Å². The standard InChI is InChI=1S/C7H16S2.C5H10OS2.CH5N.CH4/c1-5-6-7(2,3)9(4)8;1-5(2,4-6)8(3)7;1-2;/h5-6H2,1-4H3;4H,1-3H3;2H2,1H3;1H4. The average molecular weight is 362 g/mol. The Balaban J connectivity index is -0.000000109. The van der Waals surface area contributed by atoms with Gasteiger partial charge in [0.1, 0.15) is 6.29 Å². The Kier molecular flexibility index (Phi) is 21.2. The van der Waals surface area contributed by atoms with Gasteiger partial charge in [0.25, 0.3) is 0 Å². The summed E-state index contributed by atoms with van der Waals surface area (Å²) >= 11 is 10.1. The van der Waals surface area contributed by atoms with Crippen LogP contribution in [-0.2, 0) is 46.1 Å².